The topological polar surface area (TPSA) is 70.0 Å². The normalized spacial score (nSPS) is 15.5. The highest BCUT2D eigenvalue weighted by Crippen LogP contribution is 2.34. The summed E-state index contributed by atoms with van der Waals surface area (Å²) < 4.78 is 2.80. The molecule has 15 heavy (non-hydrogen) atoms. The molecule has 1 aromatic rings. The Kier molecular flexibility index (Phi) is 2.38. The van der Waals surface area contributed by atoms with Gasteiger partial charge in [0.1, 0.15) is 5.82 Å². The van der Waals surface area contributed by atoms with Crippen LogP contribution in [-0.2, 0) is 6.54 Å². The Labute approximate surface area is 87.1 Å². The fourth-order valence-electron chi connectivity index (χ4n) is 1.74. The molecule has 0 amide bonds. The van der Waals surface area contributed by atoms with Crippen molar-refractivity contribution in [2.24, 2.45) is 0 Å². The molecule has 5 heteroatoms. The number of nitrogen functional groups attached to an aromatic ring is 1. The molecule has 1 aliphatic rings. The van der Waals surface area contributed by atoms with E-state index in [0.717, 1.165) is 19.3 Å². The van der Waals surface area contributed by atoms with Crippen molar-refractivity contribution < 1.29 is 0 Å². The van der Waals surface area contributed by atoms with E-state index in [1.54, 1.807) is 0 Å². The highest BCUT2D eigenvalue weighted by atomic mass is 16.2. The summed E-state index contributed by atoms with van der Waals surface area (Å²) in [4.78, 5) is 23.4. The summed E-state index contributed by atoms with van der Waals surface area (Å²) in [5.41, 5.74) is 5.12. The van der Waals surface area contributed by atoms with Crippen LogP contribution in [0.4, 0.5) is 5.82 Å². The smallest absolute Gasteiger partial charge is 0.332 e. The van der Waals surface area contributed by atoms with Gasteiger partial charge in [-0.2, -0.15) is 0 Å². The highest BCUT2D eigenvalue weighted by molar-refractivity contribution is 5.28. The minimum atomic E-state index is -0.295. The van der Waals surface area contributed by atoms with Gasteiger partial charge in [-0.1, -0.05) is 6.92 Å². The van der Waals surface area contributed by atoms with Crippen LogP contribution in [0.1, 0.15) is 32.2 Å². The molecule has 0 atom stereocenters. The van der Waals surface area contributed by atoms with Crippen molar-refractivity contribution in [2.45, 2.75) is 38.8 Å². The van der Waals surface area contributed by atoms with E-state index in [2.05, 4.69) is 0 Å². The minimum Gasteiger partial charge on any atom is -0.385 e. The van der Waals surface area contributed by atoms with E-state index in [9.17, 15) is 9.59 Å². The first kappa shape index (κ1) is 10.0. The quantitative estimate of drug-likeness (QED) is 0.780. The molecule has 1 saturated carbocycles. The molecular weight excluding hydrogens is 194 g/mol. The van der Waals surface area contributed by atoms with Gasteiger partial charge in [0, 0.05) is 18.7 Å². The van der Waals surface area contributed by atoms with Gasteiger partial charge in [0.2, 0.25) is 0 Å². The second kappa shape index (κ2) is 3.56. The van der Waals surface area contributed by atoms with E-state index in [1.807, 2.05) is 6.92 Å². The molecule has 0 saturated heterocycles. The molecule has 1 fully saturated rings. The van der Waals surface area contributed by atoms with Crippen molar-refractivity contribution >= 4 is 5.82 Å². The lowest BCUT2D eigenvalue weighted by molar-refractivity contribution is 0.557. The Hall–Kier alpha value is -1.52. The first-order valence-electron chi connectivity index (χ1n) is 5.27. The van der Waals surface area contributed by atoms with E-state index in [0.29, 0.717) is 12.4 Å². The maximum absolute atomic E-state index is 11.9. The van der Waals surface area contributed by atoms with Crippen molar-refractivity contribution in [3.05, 3.63) is 26.9 Å². The molecule has 1 aliphatic carbocycles. The standard InChI is InChI=1S/C10H15N3O2/c1-2-5-12-9(14)6-8(11)13(10(12)15)7-3-4-7/h6-7H,2-5,11H2,1H3. The molecule has 0 spiro atoms. The van der Waals surface area contributed by atoms with Gasteiger partial charge in [-0.3, -0.25) is 13.9 Å². The van der Waals surface area contributed by atoms with Crippen LogP contribution in [0.15, 0.2) is 15.7 Å². The van der Waals surface area contributed by atoms with E-state index >= 15 is 0 Å². The molecule has 0 unspecified atom stereocenters. The van der Waals surface area contributed by atoms with Crippen molar-refractivity contribution in [3.8, 4) is 0 Å². The number of nitrogens with zero attached hydrogens (tertiary/aromatic N) is 2. The van der Waals surface area contributed by atoms with Gasteiger partial charge in [0.15, 0.2) is 0 Å². The predicted octanol–water partition coefficient (Wildman–Crippen LogP) is 0.337. The van der Waals surface area contributed by atoms with Gasteiger partial charge < -0.3 is 5.73 Å². The zero-order valence-electron chi connectivity index (χ0n) is 8.77. The lowest BCUT2D eigenvalue weighted by Gasteiger charge is -2.10. The van der Waals surface area contributed by atoms with Crippen molar-refractivity contribution in [2.75, 3.05) is 5.73 Å². The summed E-state index contributed by atoms with van der Waals surface area (Å²) >= 11 is 0. The first-order chi connectivity index (χ1) is 7.15. The zero-order valence-corrected chi connectivity index (χ0v) is 8.77. The maximum Gasteiger partial charge on any atom is 0.332 e. The van der Waals surface area contributed by atoms with Crippen LogP contribution in [0.25, 0.3) is 0 Å². The number of hydrogen-bond acceptors (Lipinski definition) is 3. The summed E-state index contributed by atoms with van der Waals surface area (Å²) in [5, 5.41) is 0. The second-order valence-corrected chi connectivity index (χ2v) is 3.94. The Morgan fingerprint density at radius 2 is 2.13 bits per heavy atom. The zero-order chi connectivity index (χ0) is 11.0. The minimum absolute atomic E-state index is 0.209. The summed E-state index contributed by atoms with van der Waals surface area (Å²) in [6.07, 6.45) is 2.73. The Morgan fingerprint density at radius 3 is 2.67 bits per heavy atom. The molecule has 0 aromatic carbocycles. The Bertz CT molecular complexity index is 482. The van der Waals surface area contributed by atoms with Gasteiger partial charge in [-0.15, -0.1) is 0 Å². The molecule has 2 rings (SSSR count). The van der Waals surface area contributed by atoms with Crippen LogP contribution in [0.3, 0.4) is 0 Å². The lowest BCUT2D eigenvalue weighted by atomic mass is 10.4. The average Bonchev–Trinajstić information content (AvgIpc) is 2.96. The third-order valence-electron chi connectivity index (χ3n) is 2.61. The van der Waals surface area contributed by atoms with Gasteiger partial charge in [-0.05, 0) is 19.3 Å². The summed E-state index contributed by atoms with van der Waals surface area (Å²) in [7, 11) is 0. The molecule has 2 N–H and O–H groups in total. The van der Waals surface area contributed by atoms with Crippen LogP contribution in [0, 0.1) is 0 Å². The summed E-state index contributed by atoms with van der Waals surface area (Å²) in [6.45, 7) is 2.40. The number of nitrogens with two attached hydrogens (primary N) is 1. The fraction of sp³-hybridized carbons (Fsp3) is 0.600. The van der Waals surface area contributed by atoms with E-state index in [1.165, 1.54) is 15.2 Å². The molecule has 1 aromatic heterocycles. The first-order valence-corrected chi connectivity index (χ1v) is 5.27. The van der Waals surface area contributed by atoms with Gasteiger partial charge in [0.05, 0.1) is 0 Å². The third kappa shape index (κ3) is 1.69. The summed E-state index contributed by atoms with van der Waals surface area (Å²) in [5.74, 6) is 0.292. The molecule has 0 aliphatic heterocycles. The molecular formula is C10H15N3O2. The number of anilines is 1. The highest BCUT2D eigenvalue weighted by Gasteiger charge is 2.27. The largest absolute Gasteiger partial charge is 0.385 e. The Morgan fingerprint density at radius 1 is 1.47 bits per heavy atom. The van der Waals surface area contributed by atoms with E-state index in [4.69, 9.17) is 5.73 Å². The van der Waals surface area contributed by atoms with Crippen molar-refractivity contribution in [3.63, 3.8) is 0 Å². The van der Waals surface area contributed by atoms with Crippen LogP contribution in [-0.4, -0.2) is 9.13 Å². The number of hydrogen-bond donors (Lipinski definition) is 1. The fourth-order valence-corrected chi connectivity index (χ4v) is 1.74. The Balaban J connectivity index is 2.60. The number of aromatic nitrogens is 2. The van der Waals surface area contributed by atoms with E-state index in [-0.39, 0.29) is 17.3 Å². The van der Waals surface area contributed by atoms with Crippen LogP contribution >= 0.6 is 0 Å². The van der Waals surface area contributed by atoms with E-state index < -0.39 is 0 Å². The van der Waals surface area contributed by atoms with Crippen LogP contribution < -0.4 is 17.0 Å². The van der Waals surface area contributed by atoms with Crippen molar-refractivity contribution in [1.82, 2.24) is 9.13 Å². The van der Waals surface area contributed by atoms with Gasteiger partial charge in [0.25, 0.3) is 5.56 Å². The SMILES string of the molecule is CCCn1c(=O)cc(N)n(C2CC2)c1=O. The second-order valence-electron chi connectivity index (χ2n) is 3.94. The van der Waals surface area contributed by atoms with Gasteiger partial charge >= 0.3 is 5.69 Å². The number of rotatable bonds is 3. The molecule has 82 valence electrons. The molecule has 5 nitrogen and oxygen atoms in total. The van der Waals surface area contributed by atoms with Crippen LogP contribution in [0.2, 0.25) is 0 Å². The monoisotopic (exact) mass is 209 g/mol. The van der Waals surface area contributed by atoms with Crippen molar-refractivity contribution in [1.29, 1.82) is 0 Å². The third-order valence-corrected chi connectivity index (χ3v) is 2.61. The molecule has 1 heterocycles. The summed E-state index contributed by atoms with van der Waals surface area (Å²) in [6, 6.07) is 1.55. The lowest BCUT2D eigenvalue weighted by Crippen LogP contribution is -2.40. The average molecular weight is 209 g/mol. The molecule has 0 radical (unpaired) electrons. The maximum atomic E-state index is 11.9. The van der Waals surface area contributed by atoms with Crippen LogP contribution in [0.5, 0.6) is 0 Å². The molecule has 0 bridgehead atoms. The predicted molar refractivity (Wildman–Crippen MR) is 57.9 cm³/mol. The van der Waals surface area contributed by atoms with Gasteiger partial charge in [-0.25, -0.2) is 4.79 Å².